The molecule has 5 nitrogen and oxygen atoms in total. The summed E-state index contributed by atoms with van der Waals surface area (Å²) in [4.78, 5) is 10.0. The highest BCUT2D eigenvalue weighted by Crippen LogP contribution is 2.22. The highest BCUT2D eigenvalue weighted by atomic mass is 79.9. The fourth-order valence-corrected chi connectivity index (χ4v) is 1.53. The number of rotatable bonds is 3. The van der Waals surface area contributed by atoms with E-state index in [1.54, 1.807) is 18.2 Å². The van der Waals surface area contributed by atoms with E-state index < -0.39 is 4.92 Å². The average Bonchev–Trinajstić information content (AvgIpc) is 2.77. The predicted octanol–water partition coefficient (Wildman–Crippen LogP) is 3.14. The van der Waals surface area contributed by atoms with Crippen LogP contribution in [0.25, 0.3) is 11.3 Å². The molecule has 0 radical (unpaired) electrons. The van der Waals surface area contributed by atoms with Crippen molar-refractivity contribution in [3.8, 4) is 11.3 Å². The molecule has 82 valence electrons. The van der Waals surface area contributed by atoms with E-state index in [1.165, 1.54) is 12.1 Å². The molecule has 0 fully saturated rings. The van der Waals surface area contributed by atoms with Crippen LogP contribution < -0.4 is 0 Å². The Morgan fingerprint density at radius 2 is 2.06 bits per heavy atom. The number of non-ortho nitro benzene ring substituents is 1. The SMILES string of the molecule is O=[N+]([O-])c1ccc(-c2cc(CBr)on2)cc1. The molecule has 2 rings (SSSR count). The lowest BCUT2D eigenvalue weighted by atomic mass is 10.1. The third-order valence-electron chi connectivity index (χ3n) is 2.06. The van der Waals surface area contributed by atoms with Gasteiger partial charge in [-0.3, -0.25) is 10.1 Å². The molecule has 0 saturated heterocycles. The van der Waals surface area contributed by atoms with E-state index in [0.717, 1.165) is 5.56 Å². The summed E-state index contributed by atoms with van der Waals surface area (Å²) in [5, 5.41) is 14.9. The molecule has 1 aromatic heterocycles. The second kappa shape index (κ2) is 4.44. The molecule has 1 heterocycles. The largest absolute Gasteiger partial charge is 0.360 e. The molecule has 0 saturated carbocycles. The topological polar surface area (TPSA) is 69.2 Å². The first-order valence-corrected chi connectivity index (χ1v) is 5.59. The first-order valence-electron chi connectivity index (χ1n) is 4.47. The molecule has 0 amide bonds. The fourth-order valence-electron chi connectivity index (χ4n) is 1.27. The Bertz CT molecular complexity index is 507. The Morgan fingerprint density at radius 3 is 2.56 bits per heavy atom. The van der Waals surface area contributed by atoms with Gasteiger partial charge in [-0.25, -0.2) is 0 Å². The van der Waals surface area contributed by atoms with E-state index in [2.05, 4.69) is 21.1 Å². The van der Waals surface area contributed by atoms with Crippen molar-refractivity contribution in [2.24, 2.45) is 0 Å². The number of halogens is 1. The first-order chi connectivity index (χ1) is 7.70. The normalized spacial score (nSPS) is 10.3. The fraction of sp³-hybridized carbons (Fsp3) is 0.100. The Hall–Kier alpha value is -1.69. The van der Waals surface area contributed by atoms with Gasteiger partial charge in [-0.2, -0.15) is 0 Å². The molecular formula is C10H7BrN2O3. The monoisotopic (exact) mass is 282 g/mol. The first kappa shape index (κ1) is 10.8. The Labute approximate surface area is 99.3 Å². The third kappa shape index (κ3) is 2.11. The van der Waals surface area contributed by atoms with Crippen LogP contribution in [0.3, 0.4) is 0 Å². The maximum atomic E-state index is 10.5. The van der Waals surface area contributed by atoms with Gasteiger partial charge in [0.15, 0.2) is 0 Å². The van der Waals surface area contributed by atoms with E-state index in [0.29, 0.717) is 16.8 Å². The smallest absolute Gasteiger partial charge is 0.269 e. The highest BCUT2D eigenvalue weighted by molar-refractivity contribution is 9.08. The van der Waals surface area contributed by atoms with Gasteiger partial charge in [0.25, 0.3) is 5.69 Å². The Morgan fingerprint density at radius 1 is 1.38 bits per heavy atom. The standard InChI is InChI=1S/C10H7BrN2O3/c11-6-9-5-10(12-16-9)7-1-3-8(4-2-7)13(14)15/h1-5H,6H2. The molecule has 6 heteroatoms. The Balaban J connectivity index is 2.30. The lowest BCUT2D eigenvalue weighted by molar-refractivity contribution is -0.384. The quantitative estimate of drug-likeness (QED) is 0.493. The minimum atomic E-state index is -0.434. The maximum absolute atomic E-state index is 10.5. The van der Waals surface area contributed by atoms with E-state index in [4.69, 9.17) is 4.52 Å². The van der Waals surface area contributed by atoms with Crippen LogP contribution in [0.15, 0.2) is 34.9 Å². The zero-order chi connectivity index (χ0) is 11.5. The van der Waals surface area contributed by atoms with Crippen molar-refractivity contribution in [1.82, 2.24) is 5.16 Å². The highest BCUT2D eigenvalue weighted by Gasteiger charge is 2.08. The van der Waals surface area contributed by atoms with Crippen LogP contribution in [0.2, 0.25) is 0 Å². The summed E-state index contributed by atoms with van der Waals surface area (Å²) in [6.07, 6.45) is 0. The number of alkyl halides is 1. The van der Waals surface area contributed by atoms with Crippen LogP contribution in [-0.2, 0) is 5.33 Å². The molecule has 1 aromatic carbocycles. The summed E-state index contributed by atoms with van der Waals surface area (Å²) in [5.41, 5.74) is 1.53. The van der Waals surface area contributed by atoms with Crippen molar-refractivity contribution in [1.29, 1.82) is 0 Å². The van der Waals surface area contributed by atoms with E-state index in [-0.39, 0.29) is 5.69 Å². The number of nitro groups is 1. The minimum absolute atomic E-state index is 0.0629. The van der Waals surface area contributed by atoms with Crippen LogP contribution in [0.5, 0.6) is 0 Å². The summed E-state index contributed by atoms with van der Waals surface area (Å²) >= 11 is 3.25. The van der Waals surface area contributed by atoms with Gasteiger partial charge in [-0.05, 0) is 12.1 Å². The van der Waals surface area contributed by atoms with Gasteiger partial charge in [0.1, 0.15) is 11.5 Å². The zero-order valence-corrected chi connectivity index (χ0v) is 9.68. The van der Waals surface area contributed by atoms with Gasteiger partial charge in [0.05, 0.1) is 10.3 Å². The third-order valence-corrected chi connectivity index (χ3v) is 2.62. The maximum Gasteiger partial charge on any atom is 0.269 e. The minimum Gasteiger partial charge on any atom is -0.360 e. The number of benzene rings is 1. The molecule has 0 atom stereocenters. The number of nitrogens with zero attached hydrogens (tertiary/aromatic N) is 2. The van der Waals surface area contributed by atoms with Crippen LogP contribution in [-0.4, -0.2) is 10.1 Å². The summed E-state index contributed by atoms with van der Waals surface area (Å²) in [5.74, 6) is 0.716. The summed E-state index contributed by atoms with van der Waals surface area (Å²) in [6, 6.07) is 7.97. The molecule has 2 aromatic rings. The van der Waals surface area contributed by atoms with Crippen molar-refractivity contribution in [3.63, 3.8) is 0 Å². The molecule has 0 bridgehead atoms. The van der Waals surface area contributed by atoms with Gasteiger partial charge in [0.2, 0.25) is 0 Å². The summed E-state index contributed by atoms with van der Waals surface area (Å²) < 4.78 is 5.02. The lowest BCUT2D eigenvalue weighted by Gasteiger charge is -1.94. The average molecular weight is 283 g/mol. The van der Waals surface area contributed by atoms with Crippen molar-refractivity contribution in [2.45, 2.75) is 5.33 Å². The van der Waals surface area contributed by atoms with E-state index >= 15 is 0 Å². The molecule has 0 N–H and O–H groups in total. The summed E-state index contributed by atoms with van der Waals surface area (Å²) in [6.45, 7) is 0. The number of nitro benzene ring substituents is 1. The van der Waals surface area contributed by atoms with Crippen molar-refractivity contribution in [3.05, 3.63) is 46.2 Å². The molecule has 0 unspecified atom stereocenters. The van der Waals surface area contributed by atoms with Crippen molar-refractivity contribution >= 4 is 21.6 Å². The van der Waals surface area contributed by atoms with Crippen LogP contribution in [0, 0.1) is 10.1 Å². The number of hydrogen-bond donors (Lipinski definition) is 0. The molecule has 16 heavy (non-hydrogen) atoms. The second-order valence-electron chi connectivity index (χ2n) is 3.12. The zero-order valence-electron chi connectivity index (χ0n) is 8.09. The van der Waals surface area contributed by atoms with Crippen LogP contribution in [0.1, 0.15) is 5.76 Å². The van der Waals surface area contributed by atoms with Crippen LogP contribution in [0.4, 0.5) is 5.69 Å². The summed E-state index contributed by atoms with van der Waals surface area (Å²) in [7, 11) is 0. The van der Waals surface area contributed by atoms with Gasteiger partial charge >= 0.3 is 0 Å². The molecule has 0 spiro atoms. The van der Waals surface area contributed by atoms with Gasteiger partial charge in [-0.15, -0.1) is 0 Å². The van der Waals surface area contributed by atoms with Gasteiger partial charge in [0, 0.05) is 23.8 Å². The number of hydrogen-bond acceptors (Lipinski definition) is 4. The molecule has 0 aliphatic rings. The van der Waals surface area contributed by atoms with E-state index in [1.807, 2.05) is 0 Å². The van der Waals surface area contributed by atoms with Crippen LogP contribution >= 0.6 is 15.9 Å². The molecule has 0 aliphatic heterocycles. The second-order valence-corrected chi connectivity index (χ2v) is 3.68. The molecule has 0 aliphatic carbocycles. The van der Waals surface area contributed by atoms with Crippen molar-refractivity contribution in [2.75, 3.05) is 0 Å². The number of aromatic nitrogens is 1. The lowest BCUT2D eigenvalue weighted by Crippen LogP contribution is -1.87. The van der Waals surface area contributed by atoms with Gasteiger partial charge < -0.3 is 4.52 Å². The molecular weight excluding hydrogens is 276 g/mol. The van der Waals surface area contributed by atoms with E-state index in [9.17, 15) is 10.1 Å². The van der Waals surface area contributed by atoms with Crippen molar-refractivity contribution < 1.29 is 9.45 Å². The predicted molar refractivity (Wildman–Crippen MR) is 61.2 cm³/mol. The van der Waals surface area contributed by atoms with Gasteiger partial charge in [-0.1, -0.05) is 21.1 Å². The Kier molecular flexibility index (Phi) is 3.00.